The molecule has 0 saturated carbocycles. The number of benzene rings is 1. The van der Waals surface area contributed by atoms with Gasteiger partial charge in [0.25, 0.3) is 5.91 Å². The first-order chi connectivity index (χ1) is 11.7. The molecule has 1 amide bonds. The van der Waals surface area contributed by atoms with E-state index in [9.17, 15) is 9.18 Å². The van der Waals surface area contributed by atoms with E-state index in [2.05, 4.69) is 20.0 Å². The molecular formula is C17H16FN5O. The number of carbonyl (C=O) groups is 1. The average molecular weight is 325 g/mol. The van der Waals surface area contributed by atoms with E-state index in [4.69, 9.17) is 0 Å². The number of halogens is 1. The first kappa shape index (κ1) is 14.6. The molecule has 3 aromatic rings. The summed E-state index contributed by atoms with van der Waals surface area (Å²) < 4.78 is 16.6. The van der Waals surface area contributed by atoms with Crippen molar-refractivity contribution in [2.45, 2.75) is 25.4 Å². The van der Waals surface area contributed by atoms with Gasteiger partial charge in [0.2, 0.25) is 0 Å². The molecule has 1 aliphatic rings. The molecule has 122 valence electrons. The molecule has 3 heterocycles. The van der Waals surface area contributed by atoms with E-state index in [1.54, 1.807) is 35.3 Å². The molecule has 2 aromatic heterocycles. The van der Waals surface area contributed by atoms with E-state index in [-0.39, 0.29) is 17.8 Å². The topological polar surface area (TPSA) is 64.7 Å². The second-order valence-electron chi connectivity index (χ2n) is 5.83. The zero-order valence-corrected chi connectivity index (χ0v) is 12.9. The number of hydrogen-bond acceptors (Lipinski definition) is 3. The fourth-order valence-electron chi connectivity index (χ4n) is 2.93. The second kappa shape index (κ2) is 5.92. The fourth-order valence-corrected chi connectivity index (χ4v) is 2.93. The van der Waals surface area contributed by atoms with Gasteiger partial charge in [-0.1, -0.05) is 0 Å². The summed E-state index contributed by atoms with van der Waals surface area (Å²) in [7, 11) is 0. The van der Waals surface area contributed by atoms with Crippen molar-refractivity contribution < 1.29 is 9.18 Å². The number of amides is 1. The highest BCUT2D eigenvalue weighted by atomic mass is 19.1. The van der Waals surface area contributed by atoms with Crippen molar-refractivity contribution in [3.63, 3.8) is 0 Å². The van der Waals surface area contributed by atoms with Gasteiger partial charge in [-0.2, -0.15) is 5.10 Å². The number of nitrogens with zero attached hydrogens (tertiary/aromatic N) is 4. The van der Waals surface area contributed by atoms with Crippen molar-refractivity contribution in [1.29, 1.82) is 0 Å². The molecule has 24 heavy (non-hydrogen) atoms. The lowest BCUT2D eigenvalue weighted by Crippen LogP contribution is -2.41. The van der Waals surface area contributed by atoms with Crippen LogP contribution in [-0.4, -0.2) is 31.3 Å². The number of hydrogen-bond donors (Lipinski definition) is 1. The minimum absolute atomic E-state index is 0.0650. The van der Waals surface area contributed by atoms with Crippen LogP contribution in [0.1, 0.15) is 22.7 Å². The lowest BCUT2D eigenvalue weighted by molar-refractivity contribution is 0.0922. The minimum atomic E-state index is -0.306. The molecule has 4 rings (SSSR count). The highest BCUT2D eigenvalue weighted by Gasteiger charge is 2.21. The van der Waals surface area contributed by atoms with E-state index in [1.807, 2.05) is 6.20 Å². The monoisotopic (exact) mass is 325 g/mol. The lowest BCUT2D eigenvalue weighted by Gasteiger charge is -2.24. The van der Waals surface area contributed by atoms with Gasteiger partial charge in [-0.3, -0.25) is 4.79 Å². The number of imidazole rings is 1. The summed E-state index contributed by atoms with van der Waals surface area (Å²) in [5.74, 6) is 0.547. The molecule has 1 N–H and O–H groups in total. The summed E-state index contributed by atoms with van der Waals surface area (Å²) in [6.45, 7) is 0.722. The van der Waals surface area contributed by atoms with Gasteiger partial charge < -0.3 is 9.88 Å². The number of rotatable bonds is 3. The lowest BCUT2D eigenvalue weighted by atomic mass is 10.1. The van der Waals surface area contributed by atoms with Crippen LogP contribution in [0.3, 0.4) is 0 Å². The maximum Gasteiger partial charge on any atom is 0.272 e. The Morgan fingerprint density at radius 3 is 2.88 bits per heavy atom. The van der Waals surface area contributed by atoms with E-state index in [0.29, 0.717) is 11.4 Å². The largest absolute Gasteiger partial charge is 0.346 e. The summed E-state index contributed by atoms with van der Waals surface area (Å²) in [4.78, 5) is 16.7. The molecule has 1 aromatic carbocycles. The maximum absolute atomic E-state index is 13.0. The number of nitrogens with one attached hydrogen (secondary N) is 1. The van der Waals surface area contributed by atoms with Gasteiger partial charge in [-0.25, -0.2) is 14.1 Å². The summed E-state index contributed by atoms with van der Waals surface area (Å²) in [5.41, 5.74) is 1.05. The summed E-state index contributed by atoms with van der Waals surface area (Å²) in [6, 6.07) is 7.68. The van der Waals surface area contributed by atoms with Gasteiger partial charge in [-0.05, 0) is 36.8 Å². The van der Waals surface area contributed by atoms with E-state index in [0.717, 1.165) is 25.2 Å². The van der Waals surface area contributed by atoms with Crippen molar-refractivity contribution in [2.75, 3.05) is 0 Å². The van der Waals surface area contributed by atoms with Crippen LogP contribution in [0.15, 0.2) is 48.9 Å². The molecule has 1 aliphatic heterocycles. The summed E-state index contributed by atoms with van der Waals surface area (Å²) in [5, 5.41) is 7.29. The van der Waals surface area contributed by atoms with Crippen molar-refractivity contribution in [1.82, 2.24) is 24.6 Å². The van der Waals surface area contributed by atoms with Gasteiger partial charge >= 0.3 is 0 Å². The first-order valence-corrected chi connectivity index (χ1v) is 7.81. The van der Waals surface area contributed by atoms with Gasteiger partial charge in [-0.15, -0.1) is 0 Å². The van der Waals surface area contributed by atoms with Crippen LogP contribution in [0, 0.1) is 5.82 Å². The normalized spacial score (nSPS) is 16.6. The molecule has 0 saturated heterocycles. The summed E-state index contributed by atoms with van der Waals surface area (Å²) in [6.07, 6.45) is 7.11. The quantitative estimate of drug-likeness (QED) is 0.800. The van der Waals surface area contributed by atoms with Gasteiger partial charge in [0, 0.05) is 37.6 Å². The average Bonchev–Trinajstić information content (AvgIpc) is 3.24. The second-order valence-corrected chi connectivity index (χ2v) is 5.83. The zero-order chi connectivity index (χ0) is 16.5. The zero-order valence-electron chi connectivity index (χ0n) is 12.9. The molecule has 1 unspecified atom stereocenters. The maximum atomic E-state index is 13.0. The highest BCUT2D eigenvalue weighted by Crippen LogP contribution is 2.14. The number of aromatic nitrogens is 4. The first-order valence-electron chi connectivity index (χ1n) is 7.81. The number of aryl methyl sites for hydroxylation is 1. The van der Waals surface area contributed by atoms with Crippen LogP contribution in [0.4, 0.5) is 4.39 Å². The summed E-state index contributed by atoms with van der Waals surface area (Å²) >= 11 is 0. The van der Waals surface area contributed by atoms with E-state index >= 15 is 0 Å². The van der Waals surface area contributed by atoms with E-state index < -0.39 is 0 Å². The Morgan fingerprint density at radius 2 is 2.04 bits per heavy atom. The molecule has 0 radical (unpaired) electrons. The highest BCUT2D eigenvalue weighted by molar-refractivity contribution is 5.92. The van der Waals surface area contributed by atoms with Crippen molar-refractivity contribution >= 4 is 5.91 Å². The third-order valence-electron chi connectivity index (χ3n) is 4.18. The molecule has 6 nitrogen and oxygen atoms in total. The molecule has 1 atom stereocenters. The Kier molecular flexibility index (Phi) is 3.60. The molecule has 7 heteroatoms. The molecule has 0 aliphatic carbocycles. The third-order valence-corrected chi connectivity index (χ3v) is 4.18. The van der Waals surface area contributed by atoms with Gasteiger partial charge in [0.1, 0.15) is 11.6 Å². The predicted octanol–water partition coefficient (Wildman–Crippen LogP) is 1.95. The van der Waals surface area contributed by atoms with Crippen LogP contribution < -0.4 is 5.32 Å². The number of carbonyl (C=O) groups excluding carboxylic acids is 1. The van der Waals surface area contributed by atoms with Crippen LogP contribution in [-0.2, 0) is 13.0 Å². The van der Waals surface area contributed by atoms with Crippen molar-refractivity contribution in [3.8, 4) is 5.69 Å². The Morgan fingerprint density at radius 1 is 1.21 bits per heavy atom. The molecule has 0 bridgehead atoms. The van der Waals surface area contributed by atoms with Crippen LogP contribution in [0.5, 0.6) is 0 Å². The number of fused-ring (bicyclic) bond motifs is 1. The smallest absolute Gasteiger partial charge is 0.272 e. The van der Waals surface area contributed by atoms with E-state index in [1.165, 1.54) is 12.1 Å². The van der Waals surface area contributed by atoms with Gasteiger partial charge in [0.05, 0.1) is 5.69 Å². The van der Waals surface area contributed by atoms with Gasteiger partial charge in [0.15, 0.2) is 5.69 Å². The van der Waals surface area contributed by atoms with Crippen LogP contribution >= 0.6 is 0 Å². The molecule has 0 fully saturated rings. The Balaban J connectivity index is 1.45. The SMILES string of the molecule is O=C(NC1CCc2nccn2C1)c1ccn(-c2ccc(F)cc2)n1. The van der Waals surface area contributed by atoms with Crippen molar-refractivity contribution in [3.05, 3.63) is 66.3 Å². The minimum Gasteiger partial charge on any atom is -0.346 e. The van der Waals surface area contributed by atoms with Crippen LogP contribution in [0.25, 0.3) is 5.69 Å². The fraction of sp³-hybridized carbons (Fsp3) is 0.235. The predicted molar refractivity (Wildman–Crippen MR) is 85.3 cm³/mol. The van der Waals surface area contributed by atoms with Crippen molar-refractivity contribution in [2.24, 2.45) is 0 Å². The third kappa shape index (κ3) is 2.80. The Labute approximate surface area is 137 Å². The Bertz CT molecular complexity index is 867. The van der Waals surface area contributed by atoms with Crippen LogP contribution in [0.2, 0.25) is 0 Å². The standard InChI is InChI=1S/C17H16FN5O/c18-12-1-4-14(5-2-12)23-9-7-15(21-23)17(24)20-13-3-6-16-19-8-10-22(16)11-13/h1-2,4-5,7-10,13H,3,6,11H2,(H,20,24). The Hall–Kier alpha value is -2.96. The molecular weight excluding hydrogens is 309 g/mol. The molecule has 0 spiro atoms.